The highest BCUT2D eigenvalue weighted by molar-refractivity contribution is 5.78. The molecular formula is C11H21N3O3. The molecule has 1 heterocycles. The molecule has 1 aliphatic rings. The van der Waals surface area contributed by atoms with E-state index in [2.05, 4.69) is 15.5 Å². The van der Waals surface area contributed by atoms with Gasteiger partial charge < -0.3 is 15.7 Å². The first-order valence-corrected chi connectivity index (χ1v) is 5.99. The summed E-state index contributed by atoms with van der Waals surface area (Å²) in [6.45, 7) is 6.26. The van der Waals surface area contributed by atoms with Crippen molar-refractivity contribution in [2.45, 2.75) is 13.3 Å². The monoisotopic (exact) mass is 243 g/mol. The number of carboxylic acid groups (broad SMARTS) is 1. The Morgan fingerprint density at radius 1 is 1.41 bits per heavy atom. The molecule has 17 heavy (non-hydrogen) atoms. The van der Waals surface area contributed by atoms with Gasteiger partial charge in [0.25, 0.3) is 0 Å². The third-order valence-electron chi connectivity index (χ3n) is 2.75. The molecule has 6 nitrogen and oxygen atoms in total. The number of rotatable bonds is 6. The summed E-state index contributed by atoms with van der Waals surface area (Å²) in [4.78, 5) is 24.1. The number of carboxylic acids is 1. The highest BCUT2D eigenvalue weighted by atomic mass is 16.4. The molecule has 1 saturated heterocycles. The minimum atomic E-state index is -0.825. The van der Waals surface area contributed by atoms with Crippen molar-refractivity contribution < 1.29 is 14.7 Å². The van der Waals surface area contributed by atoms with Crippen molar-refractivity contribution in [2.75, 3.05) is 39.3 Å². The molecular weight excluding hydrogens is 222 g/mol. The fraction of sp³-hybridized carbons (Fsp3) is 0.818. The van der Waals surface area contributed by atoms with Gasteiger partial charge in [0.05, 0.1) is 6.54 Å². The van der Waals surface area contributed by atoms with Crippen molar-refractivity contribution >= 4 is 11.9 Å². The maximum Gasteiger partial charge on any atom is 0.303 e. The molecule has 0 saturated carbocycles. The van der Waals surface area contributed by atoms with Gasteiger partial charge >= 0.3 is 5.97 Å². The van der Waals surface area contributed by atoms with E-state index < -0.39 is 5.97 Å². The maximum atomic E-state index is 11.6. The number of carbonyl (C=O) groups excluding carboxylic acids is 1. The van der Waals surface area contributed by atoms with Crippen LogP contribution < -0.4 is 10.6 Å². The van der Waals surface area contributed by atoms with Crippen LogP contribution in [0.4, 0.5) is 0 Å². The van der Waals surface area contributed by atoms with Gasteiger partial charge in [-0.25, -0.2) is 0 Å². The van der Waals surface area contributed by atoms with Gasteiger partial charge in [0.15, 0.2) is 0 Å². The van der Waals surface area contributed by atoms with E-state index >= 15 is 0 Å². The predicted molar refractivity (Wildman–Crippen MR) is 63.7 cm³/mol. The third kappa shape index (κ3) is 6.23. The lowest BCUT2D eigenvalue weighted by molar-refractivity contribution is -0.138. The molecule has 0 spiro atoms. The van der Waals surface area contributed by atoms with Gasteiger partial charge in [-0.15, -0.1) is 0 Å². The number of amides is 1. The maximum absolute atomic E-state index is 11.6. The topological polar surface area (TPSA) is 81.7 Å². The van der Waals surface area contributed by atoms with Crippen molar-refractivity contribution in [1.82, 2.24) is 15.5 Å². The van der Waals surface area contributed by atoms with E-state index in [0.717, 1.165) is 26.2 Å². The first kappa shape index (κ1) is 13.9. The van der Waals surface area contributed by atoms with E-state index in [1.54, 1.807) is 0 Å². The van der Waals surface area contributed by atoms with Crippen LogP contribution in [0.3, 0.4) is 0 Å². The fourth-order valence-corrected chi connectivity index (χ4v) is 1.79. The van der Waals surface area contributed by atoms with Crippen LogP contribution in [-0.2, 0) is 9.59 Å². The molecule has 1 fully saturated rings. The minimum absolute atomic E-state index is 0.0239. The Hall–Kier alpha value is -1.14. The van der Waals surface area contributed by atoms with E-state index in [4.69, 9.17) is 5.11 Å². The highest BCUT2D eigenvalue weighted by Gasteiger charge is 2.14. The van der Waals surface area contributed by atoms with E-state index in [0.29, 0.717) is 13.1 Å². The first-order chi connectivity index (χ1) is 8.08. The zero-order chi connectivity index (χ0) is 12.7. The molecule has 1 rings (SSSR count). The second-order valence-corrected chi connectivity index (χ2v) is 4.53. The number of piperazine rings is 1. The van der Waals surface area contributed by atoms with E-state index in [9.17, 15) is 9.59 Å². The average molecular weight is 243 g/mol. The zero-order valence-electron chi connectivity index (χ0n) is 10.2. The highest BCUT2D eigenvalue weighted by Crippen LogP contribution is 1.99. The molecule has 0 bridgehead atoms. The molecule has 1 atom stereocenters. The van der Waals surface area contributed by atoms with Crippen LogP contribution in [0.5, 0.6) is 0 Å². The molecule has 0 aromatic carbocycles. The quantitative estimate of drug-likeness (QED) is 0.564. The minimum Gasteiger partial charge on any atom is -0.481 e. The summed E-state index contributed by atoms with van der Waals surface area (Å²) in [5.41, 5.74) is 0. The molecule has 0 radical (unpaired) electrons. The summed E-state index contributed by atoms with van der Waals surface area (Å²) in [5, 5.41) is 14.6. The first-order valence-electron chi connectivity index (χ1n) is 5.99. The van der Waals surface area contributed by atoms with Crippen LogP contribution >= 0.6 is 0 Å². The Labute approximate surface area is 101 Å². The number of hydrogen-bond acceptors (Lipinski definition) is 4. The van der Waals surface area contributed by atoms with Gasteiger partial charge in [-0.1, -0.05) is 6.92 Å². The van der Waals surface area contributed by atoms with E-state index in [1.807, 2.05) is 6.92 Å². The SMILES string of the molecule is CC(CNC(=O)CN1CCNCC1)CC(=O)O. The summed E-state index contributed by atoms with van der Waals surface area (Å²) in [6.07, 6.45) is 0.0912. The van der Waals surface area contributed by atoms with Crippen LogP contribution in [0.15, 0.2) is 0 Å². The Morgan fingerprint density at radius 3 is 2.65 bits per heavy atom. The van der Waals surface area contributed by atoms with Gasteiger partial charge in [0.1, 0.15) is 0 Å². The summed E-state index contributed by atoms with van der Waals surface area (Å²) in [5.74, 6) is -0.877. The lowest BCUT2D eigenvalue weighted by atomic mass is 10.1. The van der Waals surface area contributed by atoms with Crippen molar-refractivity contribution in [3.8, 4) is 0 Å². The Kier molecular flexibility index (Phi) is 5.93. The molecule has 1 unspecified atom stereocenters. The summed E-state index contributed by atoms with van der Waals surface area (Å²) < 4.78 is 0. The zero-order valence-corrected chi connectivity index (χ0v) is 10.2. The molecule has 98 valence electrons. The lowest BCUT2D eigenvalue weighted by Crippen LogP contribution is -2.48. The molecule has 3 N–H and O–H groups in total. The standard InChI is InChI=1S/C11H21N3O3/c1-9(6-11(16)17)7-13-10(15)8-14-4-2-12-3-5-14/h9,12H,2-8H2,1H3,(H,13,15)(H,16,17). The van der Waals surface area contributed by atoms with Crippen LogP contribution in [0.2, 0.25) is 0 Å². The predicted octanol–water partition coefficient (Wildman–Crippen LogP) is -0.881. The number of nitrogens with zero attached hydrogens (tertiary/aromatic N) is 1. The molecule has 1 aliphatic heterocycles. The second-order valence-electron chi connectivity index (χ2n) is 4.53. The van der Waals surface area contributed by atoms with Crippen molar-refractivity contribution in [3.05, 3.63) is 0 Å². The number of hydrogen-bond donors (Lipinski definition) is 3. The third-order valence-corrected chi connectivity index (χ3v) is 2.75. The molecule has 0 aromatic rings. The number of carbonyl (C=O) groups is 2. The van der Waals surface area contributed by atoms with Crippen LogP contribution in [0, 0.1) is 5.92 Å². The van der Waals surface area contributed by atoms with Gasteiger partial charge in [0, 0.05) is 39.1 Å². The average Bonchev–Trinajstić information content (AvgIpc) is 2.27. The number of nitrogens with one attached hydrogen (secondary N) is 2. The molecule has 6 heteroatoms. The smallest absolute Gasteiger partial charge is 0.303 e. The van der Waals surface area contributed by atoms with Crippen LogP contribution in [0.25, 0.3) is 0 Å². The molecule has 1 amide bonds. The summed E-state index contributed by atoms with van der Waals surface area (Å²) in [6, 6.07) is 0. The van der Waals surface area contributed by atoms with Gasteiger partial charge in [-0.3, -0.25) is 14.5 Å². The Morgan fingerprint density at radius 2 is 2.06 bits per heavy atom. The van der Waals surface area contributed by atoms with Crippen molar-refractivity contribution in [2.24, 2.45) is 5.92 Å². The Bertz CT molecular complexity index is 265. The van der Waals surface area contributed by atoms with Gasteiger partial charge in [0.2, 0.25) is 5.91 Å². The Balaban J connectivity index is 2.13. The van der Waals surface area contributed by atoms with E-state index in [1.165, 1.54) is 0 Å². The molecule has 0 aromatic heterocycles. The van der Waals surface area contributed by atoms with Gasteiger partial charge in [-0.2, -0.15) is 0 Å². The van der Waals surface area contributed by atoms with E-state index in [-0.39, 0.29) is 18.2 Å². The van der Waals surface area contributed by atoms with Crippen molar-refractivity contribution in [1.29, 1.82) is 0 Å². The summed E-state index contributed by atoms with van der Waals surface area (Å²) in [7, 11) is 0. The largest absolute Gasteiger partial charge is 0.481 e. The number of aliphatic carboxylic acids is 1. The second kappa shape index (κ2) is 7.24. The molecule has 0 aliphatic carbocycles. The lowest BCUT2D eigenvalue weighted by Gasteiger charge is -2.26. The fourth-order valence-electron chi connectivity index (χ4n) is 1.79. The van der Waals surface area contributed by atoms with Gasteiger partial charge in [-0.05, 0) is 5.92 Å². The normalized spacial score (nSPS) is 18.6. The summed E-state index contributed by atoms with van der Waals surface area (Å²) >= 11 is 0. The van der Waals surface area contributed by atoms with Crippen molar-refractivity contribution in [3.63, 3.8) is 0 Å². The van der Waals surface area contributed by atoms with Crippen LogP contribution in [-0.4, -0.2) is 61.2 Å². The van der Waals surface area contributed by atoms with Crippen LogP contribution in [0.1, 0.15) is 13.3 Å².